The van der Waals surface area contributed by atoms with Crippen LogP contribution in [0, 0.1) is 0 Å². The van der Waals surface area contributed by atoms with Crippen LogP contribution in [-0.2, 0) is 0 Å². The highest BCUT2D eigenvalue weighted by atomic mass is 79.9. The third-order valence-corrected chi connectivity index (χ3v) is 2.85. The lowest BCUT2D eigenvalue weighted by molar-refractivity contribution is 1.34. The van der Waals surface area contributed by atoms with Gasteiger partial charge in [-0.1, -0.05) is 22.0 Å². The van der Waals surface area contributed by atoms with E-state index in [1.807, 2.05) is 12.4 Å². The molecule has 0 bridgehead atoms. The number of rotatable bonds is 0. The van der Waals surface area contributed by atoms with Crippen molar-refractivity contribution in [3.8, 4) is 0 Å². The van der Waals surface area contributed by atoms with Crippen molar-refractivity contribution in [3.05, 3.63) is 41.1 Å². The van der Waals surface area contributed by atoms with E-state index in [1.165, 1.54) is 10.8 Å². The highest BCUT2D eigenvalue weighted by Gasteiger charge is 2.01. The molecule has 2 heterocycles. The van der Waals surface area contributed by atoms with Crippen molar-refractivity contribution in [2.45, 2.75) is 0 Å². The second-order valence-electron chi connectivity index (χ2n) is 3.23. The van der Waals surface area contributed by atoms with Gasteiger partial charge in [-0.15, -0.1) is 0 Å². The number of pyridine rings is 1. The van der Waals surface area contributed by atoms with Crippen molar-refractivity contribution in [2.24, 2.45) is 0 Å². The Kier molecular flexibility index (Phi) is 1.61. The SMILES string of the molecule is Brc1ccc2c(cnc3[nH]ccc32)c1. The van der Waals surface area contributed by atoms with E-state index in [0.29, 0.717) is 0 Å². The van der Waals surface area contributed by atoms with Crippen LogP contribution in [0.25, 0.3) is 21.8 Å². The molecule has 0 unspecified atom stereocenters. The van der Waals surface area contributed by atoms with Gasteiger partial charge in [-0.3, -0.25) is 0 Å². The Morgan fingerprint density at radius 1 is 1.14 bits per heavy atom. The Morgan fingerprint density at radius 3 is 3.00 bits per heavy atom. The number of benzene rings is 1. The maximum Gasteiger partial charge on any atom is 0.137 e. The zero-order valence-corrected chi connectivity index (χ0v) is 8.88. The molecule has 14 heavy (non-hydrogen) atoms. The van der Waals surface area contributed by atoms with Crippen LogP contribution in [0.2, 0.25) is 0 Å². The first-order chi connectivity index (χ1) is 6.84. The normalized spacial score (nSPS) is 11.2. The van der Waals surface area contributed by atoms with Gasteiger partial charge in [0.05, 0.1) is 0 Å². The molecule has 3 rings (SSSR count). The van der Waals surface area contributed by atoms with Crippen molar-refractivity contribution >= 4 is 37.7 Å². The summed E-state index contributed by atoms with van der Waals surface area (Å²) >= 11 is 3.45. The summed E-state index contributed by atoms with van der Waals surface area (Å²) in [5.41, 5.74) is 0.944. The van der Waals surface area contributed by atoms with Gasteiger partial charge < -0.3 is 4.98 Å². The van der Waals surface area contributed by atoms with Crippen molar-refractivity contribution < 1.29 is 0 Å². The third kappa shape index (κ3) is 1.06. The van der Waals surface area contributed by atoms with Crippen LogP contribution in [0.4, 0.5) is 0 Å². The van der Waals surface area contributed by atoms with Crippen LogP contribution in [0.3, 0.4) is 0 Å². The number of aromatic nitrogens is 2. The van der Waals surface area contributed by atoms with E-state index in [0.717, 1.165) is 15.5 Å². The number of fused-ring (bicyclic) bond motifs is 3. The van der Waals surface area contributed by atoms with Gasteiger partial charge >= 0.3 is 0 Å². The lowest BCUT2D eigenvalue weighted by Crippen LogP contribution is -1.79. The maximum atomic E-state index is 4.33. The number of halogens is 1. The molecule has 2 aromatic heterocycles. The van der Waals surface area contributed by atoms with Crippen LogP contribution in [0.15, 0.2) is 41.1 Å². The molecule has 3 aromatic rings. The third-order valence-electron chi connectivity index (χ3n) is 2.36. The van der Waals surface area contributed by atoms with E-state index in [4.69, 9.17) is 0 Å². The summed E-state index contributed by atoms with van der Waals surface area (Å²) in [7, 11) is 0. The number of nitrogens with zero attached hydrogens (tertiary/aromatic N) is 1. The van der Waals surface area contributed by atoms with Gasteiger partial charge in [0.1, 0.15) is 5.65 Å². The molecule has 1 N–H and O–H groups in total. The van der Waals surface area contributed by atoms with E-state index >= 15 is 0 Å². The fourth-order valence-electron chi connectivity index (χ4n) is 1.70. The fourth-order valence-corrected chi connectivity index (χ4v) is 2.08. The van der Waals surface area contributed by atoms with Crippen molar-refractivity contribution in [3.63, 3.8) is 0 Å². The lowest BCUT2D eigenvalue weighted by Gasteiger charge is -1.99. The minimum absolute atomic E-state index is 0.944. The van der Waals surface area contributed by atoms with E-state index in [1.54, 1.807) is 0 Å². The predicted molar refractivity (Wildman–Crippen MR) is 61.3 cm³/mol. The Hall–Kier alpha value is -1.35. The molecule has 0 saturated heterocycles. The molecule has 0 aliphatic carbocycles. The van der Waals surface area contributed by atoms with Crippen LogP contribution >= 0.6 is 15.9 Å². The summed E-state index contributed by atoms with van der Waals surface area (Å²) in [5, 5.41) is 3.57. The Labute approximate surface area is 89.1 Å². The minimum Gasteiger partial charge on any atom is -0.346 e. The van der Waals surface area contributed by atoms with E-state index in [9.17, 15) is 0 Å². The van der Waals surface area contributed by atoms with Gasteiger partial charge in [-0.2, -0.15) is 0 Å². The molecule has 0 radical (unpaired) electrons. The van der Waals surface area contributed by atoms with Crippen molar-refractivity contribution in [1.82, 2.24) is 9.97 Å². The molecule has 3 heteroatoms. The fraction of sp³-hybridized carbons (Fsp3) is 0. The molecule has 68 valence electrons. The summed E-state index contributed by atoms with van der Waals surface area (Å²) in [6, 6.07) is 8.29. The van der Waals surface area contributed by atoms with Crippen molar-refractivity contribution in [2.75, 3.05) is 0 Å². The Bertz CT molecular complexity index is 613. The standard InChI is InChI=1S/C11H7BrN2/c12-8-1-2-9-7(5-8)6-14-11-10(9)3-4-13-11/h1-6H,(H,13,14). The number of H-pyrrole nitrogens is 1. The quantitative estimate of drug-likeness (QED) is 0.647. The average Bonchev–Trinajstić information content (AvgIpc) is 2.65. The largest absolute Gasteiger partial charge is 0.346 e. The van der Waals surface area contributed by atoms with Gasteiger partial charge in [-0.05, 0) is 23.6 Å². The molecule has 0 aliphatic heterocycles. The van der Waals surface area contributed by atoms with E-state index in [-0.39, 0.29) is 0 Å². The molecule has 2 nitrogen and oxygen atoms in total. The Morgan fingerprint density at radius 2 is 2.07 bits per heavy atom. The highest BCUT2D eigenvalue weighted by molar-refractivity contribution is 9.10. The summed E-state index contributed by atoms with van der Waals surface area (Å²) in [6.45, 7) is 0. The first-order valence-corrected chi connectivity index (χ1v) is 5.15. The van der Waals surface area contributed by atoms with Gasteiger partial charge in [0.15, 0.2) is 0 Å². The molecule has 0 aliphatic rings. The maximum absolute atomic E-state index is 4.33. The molecule has 0 spiro atoms. The summed E-state index contributed by atoms with van der Waals surface area (Å²) in [4.78, 5) is 7.44. The van der Waals surface area contributed by atoms with Crippen LogP contribution in [-0.4, -0.2) is 9.97 Å². The van der Waals surface area contributed by atoms with E-state index < -0.39 is 0 Å². The van der Waals surface area contributed by atoms with Gasteiger partial charge in [0.25, 0.3) is 0 Å². The van der Waals surface area contributed by atoms with Crippen LogP contribution < -0.4 is 0 Å². The number of aromatic amines is 1. The number of hydrogen-bond donors (Lipinski definition) is 1. The van der Waals surface area contributed by atoms with Crippen LogP contribution in [0.1, 0.15) is 0 Å². The second kappa shape index (κ2) is 2.82. The number of hydrogen-bond acceptors (Lipinski definition) is 1. The van der Waals surface area contributed by atoms with Crippen molar-refractivity contribution in [1.29, 1.82) is 0 Å². The summed E-state index contributed by atoms with van der Waals surface area (Å²) in [6.07, 6.45) is 3.80. The average molecular weight is 247 g/mol. The highest BCUT2D eigenvalue weighted by Crippen LogP contribution is 2.25. The topological polar surface area (TPSA) is 28.7 Å². The molecule has 0 amide bonds. The van der Waals surface area contributed by atoms with Crippen LogP contribution in [0.5, 0.6) is 0 Å². The molecule has 0 saturated carbocycles. The number of nitrogens with one attached hydrogen (secondary N) is 1. The first kappa shape index (κ1) is 8.00. The van der Waals surface area contributed by atoms with Gasteiger partial charge in [-0.25, -0.2) is 4.98 Å². The summed E-state index contributed by atoms with van der Waals surface area (Å²) < 4.78 is 1.08. The molecule has 1 aromatic carbocycles. The molecule has 0 fully saturated rings. The van der Waals surface area contributed by atoms with E-state index in [2.05, 4.69) is 50.2 Å². The zero-order chi connectivity index (χ0) is 9.54. The molecular weight excluding hydrogens is 240 g/mol. The van der Waals surface area contributed by atoms with Gasteiger partial charge in [0.2, 0.25) is 0 Å². The molecule has 0 atom stereocenters. The predicted octanol–water partition coefficient (Wildman–Crippen LogP) is 3.48. The monoisotopic (exact) mass is 246 g/mol. The first-order valence-electron chi connectivity index (χ1n) is 4.36. The minimum atomic E-state index is 0.944. The Balaban J connectivity index is 2.57. The molecular formula is C11H7BrN2. The zero-order valence-electron chi connectivity index (χ0n) is 7.29. The smallest absolute Gasteiger partial charge is 0.137 e. The van der Waals surface area contributed by atoms with Gasteiger partial charge in [0, 0.05) is 27.6 Å². The lowest BCUT2D eigenvalue weighted by atomic mass is 10.1. The second-order valence-corrected chi connectivity index (χ2v) is 4.15. The summed E-state index contributed by atoms with van der Waals surface area (Å²) in [5.74, 6) is 0.